The number of esters is 1. The molecule has 6 atom stereocenters. The lowest BCUT2D eigenvalue weighted by Gasteiger charge is -2.63. The first kappa shape index (κ1) is 20.7. The fourth-order valence-electron chi connectivity index (χ4n) is 5.85. The lowest BCUT2D eigenvalue weighted by Crippen LogP contribution is -2.60. The summed E-state index contributed by atoms with van der Waals surface area (Å²) in [5.41, 5.74) is -0.182. The molecule has 0 aromatic rings. The number of hydrogen-bond acceptors (Lipinski definition) is 3. The number of rotatable bonds is 6. The van der Waals surface area contributed by atoms with Crippen LogP contribution in [0, 0.1) is 28.6 Å². The maximum absolute atomic E-state index is 11.1. The van der Waals surface area contributed by atoms with E-state index < -0.39 is 5.60 Å². The van der Waals surface area contributed by atoms with E-state index in [1.807, 2.05) is 0 Å². The Labute approximate surface area is 154 Å². The first-order valence-electron chi connectivity index (χ1n) is 10.4. The van der Waals surface area contributed by atoms with Crippen LogP contribution in [0.15, 0.2) is 0 Å². The summed E-state index contributed by atoms with van der Waals surface area (Å²) >= 11 is 0. The fraction of sp³-hybridized carbons (Fsp3) is 0.955. The molecule has 1 unspecified atom stereocenters. The summed E-state index contributed by atoms with van der Waals surface area (Å²) in [4.78, 5) is 10.9. The lowest BCUT2D eigenvalue weighted by atomic mass is 9.43. The SMILES string of the molecule is CC(=O)OCCC(C)CC[C@@]1(C)[C@H](C)CC[C@]2(C)[C@@H]1CCC[C@]2(C)O. The van der Waals surface area contributed by atoms with E-state index in [0.29, 0.717) is 29.8 Å². The topological polar surface area (TPSA) is 46.5 Å². The van der Waals surface area contributed by atoms with Gasteiger partial charge < -0.3 is 9.84 Å². The van der Waals surface area contributed by atoms with Crippen molar-refractivity contribution in [2.75, 3.05) is 6.61 Å². The quantitative estimate of drug-likeness (QED) is 0.655. The van der Waals surface area contributed by atoms with Crippen molar-refractivity contribution < 1.29 is 14.6 Å². The third kappa shape index (κ3) is 4.07. The van der Waals surface area contributed by atoms with Crippen molar-refractivity contribution >= 4 is 5.97 Å². The van der Waals surface area contributed by atoms with Crippen LogP contribution in [0.25, 0.3) is 0 Å². The van der Waals surface area contributed by atoms with Crippen molar-refractivity contribution in [3.63, 3.8) is 0 Å². The number of ether oxygens (including phenoxy) is 1. The van der Waals surface area contributed by atoms with E-state index in [1.165, 1.54) is 32.6 Å². The Morgan fingerprint density at radius 1 is 1.20 bits per heavy atom. The first-order chi connectivity index (χ1) is 11.5. The van der Waals surface area contributed by atoms with E-state index in [0.717, 1.165) is 25.7 Å². The van der Waals surface area contributed by atoms with Gasteiger partial charge in [0, 0.05) is 6.92 Å². The molecule has 0 heterocycles. The molecule has 0 aromatic heterocycles. The van der Waals surface area contributed by atoms with E-state index in [4.69, 9.17) is 4.74 Å². The molecule has 3 nitrogen and oxygen atoms in total. The highest BCUT2D eigenvalue weighted by atomic mass is 16.5. The predicted octanol–water partition coefficient (Wildman–Crippen LogP) is 5.35. The van der Waals surface area contributed by atoms with Gasteiger partial charge >= 0.3 is 5.97 Å². The van der Waals surface area contributed by atoms with E-state index >= 15 is 0 Å². The van der Waals surface area contributed by atoms with Gasteiger partial charge in [0.05, 0.1) is 12.2 Å². The van der Waals surface area contributed by atoms with Gasteiger partial charge in [-0.05, 0) is 74.0 Å². The molecule has 1 N–H and O–H groups in total. The van der Waals surface area contributed by atoms with E-state index in [2.05, 4.69) is 34.6 Å². The number of hydrogen-bond donors (Lipinski definition) is 1. The second-order valence-corrected chi connectivity index (χ2v) is 9.85. The zero-order valence-electron chi connectivity index (χ0n) is 17.4. The molecular formula is C22H40O3. The van der Waals surface area contributed by atoms with Gasteiger partial charge in [0.25, 0.3) is 0 Å². The maximum atomic E-state index is 11.1. The van der Waals surface area contributed by atoms with Crippen molar-refractivity contribution in [3.8, 4) is 0 Å². The lowest BCUT2D eigenvalue weighted by molar-refractivity contribution is -0.193. The Bertz CT molecular complexity index is 472. The highest BCUT2D eigenvalue weighted by Gasteiger charge is 2.59. The monoisotopic (exact) mass is 352 g/mol. The second-order valence-electron chi connectivity index (χ2n) is 9.85. The molecule has 2 saturated carbocycles. The minimum absolute atomic E-state index is 0.0491. The van der Waals surface area contributed by atoms with Crippen LogP contribution in [0.5, 0.6) is 0 Å². The molecule has 0 radical (unpaired) electrons. The van der Waals surface area contributed by atoms with Crippen LogP contribution in [-0.2, 0) is 9.53 Å². The van der Waals surface area contributed by atoms with Crippen LogP contribution in [0.1, 0.15) is 92.9 Å². The summed E-state index contributed by atoms with van der Waals surface area (Å²) in [6, 6.07) is 0. The molecule has 2 aliphatic carbocycles. The summed E-state index contributed by atoms with van der Waals surface area (Å²) in [6.07, 6.45) is 9.08. The Morgan fingerprint density at radius 3 is 2.52 bits per heavy atom. The standard InChI is InChI=1S/C22H40O3/c1-16(11-15-25-18(3)23)9-13-20(4)17(2)10-14-21(5)19(20)8-7-12-22(21,6)24/h16-17,19,24H,7-15H2,1-6H3/t16?,17-,19-,20+,21-,22+/m1/s1. The summed E-state index contributed by atoms with van der Waals surface area (Å²) in [6.45, 7) is 13.6. The molecule has 2 fully saturated rings. The molecule has 0 aliphatic heterocycles. The molecular weight excluding hydrogens is 312 g/mol. The number of carbonyl (C=O) groups excluding carboxylic acids is 1. The Morgan fingerprint density at radius 2 is 1.88 bits per heavy atom. The summed E-state index contributed by atoms with van der Waals surface area (Å²) in [5.74, 6) is 1.70. The van der Waals surface area contributed by atoms with Crippen molar-refractivity contribution in [2.24, 2.45) is 28.6 Å². The molecule has 2 rings (SSSR count). The minimum Gasteiger partial charge on any atom is -0.466 e. The van der Waals surface area contributed by atoms with Crippen LogP contribution in [-0.4, -0.2) is 23.3 Å². The third-order valence-corrected chi connectivity index (χ3v) is 8.27. The van der Waals surface area contributed by atoms with Crippen LogP contribution in [0.4, 0.5) is 0 Å². The van der Waals surface area contributed by atoms with Gasteiger partial charge in [-0.3, -0.25) is 4.79 Å². The van der Waals surface area contributed by atoms with E-state index in [1.54, 1.807) is 0 Å². The highest BCUT2D eigenvalue weighted by Crippen LogP contribution is 2.64. The van der Waals surface area contributed by atoms with Gasteiger partial charge in [-0.2, -0.15) is 0 Å². The average molecular weight is 353 g/mol. The average Bonchev–Trinajstić information content (AvgIpc) is 2.51. The molecule has 0 amide bonds. The van der Waals surface area contributed by atoms with Crippen LogP contribution in [0.3, 0.4) is 0 Å². The van der Waals surface area contributed by atoms with Gasteiger partial charge in [0.1, 0.15) is 0 Å². The number of fused-ring (bicyclic) bond motifs is 1. The van der Waals surface area contributed by atoms with Gasteiger partial charge in [0.15, 0.2) is 0 Å². The van der Waals surface area contributed by atoms with Crippen molar-refractivity contribution in [3.05, 3.63) is 0 Å². The smallest absolute Gasteiger partial charge is 0.302 e. The molecule has 2 aliphatic rings. The third-order valence-electron chi connectivity index (χ3n) is 8.27. The van der Waals surface area contributed by atoms with Crippen LogP contribution >= 0.6 is 0 Å². The second kappa shape index (κ2) is 7.58. The highest BCUT2D eigenvalue weighted by molar-refractivity contribution is 5.65. The summed E-state index contributed by atoms with van der Waals surface area (Å²) in [7, 11) is 0. The Kier molecular flexibility index (Phi) is 6.29. The van der Waals surface area contributed by atoms with Crippen molar-refractivity contribution in [1.29, 1.82) is 0 Å². The molecule has 25 heavy (non-hydrogen) atoms. The summed E-state index contributed by atoms with van der Waals surface area (Å²) < 4.78 is 5.11. The molecule has 146 valence electrons. The van der Waals surface area contributed by atoms with Gasteiger partial charge in [-0.25, -0.2) is 0 Å². The van der Waals surface area contributed by atoms with E-state index in [9.17, 15) is 9.90 Å². The van der Waals surface area contributed by atoms with Gasteiger partial charge in [0.2, 0.25) is 0 Å². The van der Waals surface area contributed by atoms with Gasteiger partial charge in [-0.1, -0.05) is 40.5 Å². The number of carbonyl (C=O) groups is 1. The van der Waals surface area contributed by atoms with Gasteiger partial charge in [-0.15, -0.1) is 0 Å². The normalized spacial score (nSPS) is 42.5. The predicted molar refractivity (Wildman–Crippen MR) is 102 cm³/mol. The van der Waals surface area contributed by atoms with Crippen molar-refractivity contribution in [1.82, 2.24) is 0 Å². The van der Waals surface area contributed by atoms with Crippen LogP contribution < -0.4 is 0 Å². The zero-order chi connectivity index (χ0) is 18.9. The minimum atomic E-state index is -0.530. The molecule has 0 saturated heterocycles. The molecule has 3 heteroatoms. The van der Waals surface area contributed by atoms with Crippen molar-refractivity contribution in [2.45, 2.75) is 98.5 Å². The largest absolute Gasteiger partial charge is 0.466 e. The summed E-state index contributed by atoms with van der Waals surface area (Å²) in [5, 5.41) is 11.1. The molecule has 0 spiro atoms. The molecule has 0 aromatic carbocycles. The fourth-order valence-corrected chi connectivity index (χ4v) is 5.85. The Balaban J connectivity index is 2.05. The zero-order valence-corrected chi connectivity index (χ0v) is 17.4. The number of aliphatic hydroxyl groups is 1. The van der Waals surface area contributed by atoms with Crippen LogP contribution in [0.2, 0.25) is 0 Å². The Hall–Kier alpha value is -0.570. The van der Waals surface area contributed by atoms with E-state index in [-0.39, 0.29) is 11.4 Å². The maximum Gasteiger partial charge on any atom is 0.302 e. The molecule has 0 bridgehead atoms. The first-order valence-corrected chi connectivity index (χ1v) is 10.4.